The number of aryl methyl sites for hydroxylation is 1. The van der Waals surface area contributed by atoms with Crippen molar-refractivity contribution in [3.8, 4) is 0 Å². The second-order valence-electron chi connectivity index (χ2n) is 3.65. The van der Waals surface area contributed by atoms with Crippen LogP contribution in [0.2, 0.25) is 5.02 Å². The maximum absolute atomic E-state index is 5.93. The molecule has 14 heavy (non-hydrogen) atoms. The SMILES string of the molecule is NC1CCn2c1nc1cc(Cl)ccc12. The van der Waals surface area contributed by atoms with Crippen LogP contribution in [0.25, 0.3) is 11.0 Å². The summed E-state index contributed by atoms with van der Waals surface area (Å²) in [5.41, 5.74) is 8.02. The van der Waals surface area contributed by atoms with Crippen LogP contribution in [-0.4, -0.2) is 9.55 Å². The first-order valence-electron chi connectivity index (χ1n) is 4.67. The Morgan fingerprint density at radius 3 is 3.21 bits per heavy atom. The van der Waals surface area contributed by atoms with Gasteiger partial charge in [-0.25, -0.2) is 4.98 Å². The lowest BCUT2D eigenvalue weighted by Crippen LogP contribution is -2.06. The summed E-state index contributed by atoms with van der Waals surface area (Å²) >= 11 is 5.90. The van der Waals surface area contributed by atoms with Gasteiger partial charge in [0.1, 0.15) is 5.82 Å². The number of aromatic nitrogens is 2. The monoisotopic (exact) mass is 207 g/mol. The van der Waals surface area contributed by atoms with E-state index in [9.17, 15) is 0 Å². The van der Waals surface area contributed by atoms with Gasteiger partial charge in [-0.15, -0.1) is 0 Å². The van der Waals surface area contributed by atoms with Crippen LogP contribution in [0.5, 0.6) is 0 Å². The molecule has 3 nitrogen and oxygen atoms in total. The Labute approximate surface area is 86.5 Å². The van der Waals surface area contributed by atoms with E-state index >= 15 is 0 Å². The van der Waals surface area contributed by atoms with Gasteiger partial charge >= 0.3 is 0 Å². The number of benzene rings is 1. The van der Waals surface area contributed by atoms with Crippen molar-refractivity contribution in [1.29, 1.82) is 0 Å². The summed E-state index contributed by atoms with van der Waals surface area (Å²) in [6, 6.07) is 5.87. The fraction of sp³-hybridized carbons (Fsp3) is 0.300. The van der Waals surface area contributed by atoms with Crippen molar-refractivity contribution in [3.63, 3.8) is 0 Å². The van der Waals surface area contributed by atoms with E-state index in [1.165, 1.54) is 0 Å². The molecular weight excluding hydrogens is 198 g/mol. The molecule has 3 rings (SSSR count). The van der Waals surface area contributed by atoms with Crippen molar-refractivity contribution < 1.29 is 0 Å². The number of hydrogen-bond acceptors (Lipinski definition) is 2. The highest BCUT2D eigenvalue weighted by molar-refractivity contribution is 6.31. The van der Waals surface area contributed by atoms with Gasteiger partial charge in [0.15, 0.2) is 0 Å². The largest absolute Gasteiger partial charge is 0.327 e. The number of nitrogens with two attached hydrogens (primary N) is 1. The molecule has 1 aliphatic rings. The molecule has 0 saturated heterocycles. The van der Waals surface area contributed by atoms with Gasteiger partial charge in [0.05, 0.1) is 17.1 Å². The summed E-state index contributed by atoms with van der Waals surface area (Å²) in [6.45, 7) is 0.967. The smallest absolute Gasteiger partial charge is 0.126 e. The third-order valence-corrected chi connectivity index (χ3v) is 2.97. The van der Waals surface area contributed by atoms with Gasteiger partial charge in [-0.1, -0.05) is 11.6 Å². The van der Waals surface area contributed by atoms with Gasteiger partial charge in [-0.05, 0) is 24.6 Å². The molecule has 0 bridgehead atoms. The third-order valence-electron chi connectivity index (χ3n) is 2.74. The topological polar surface area (TPSA) is 43.8 Å². The highest BCUT2D eigenvalue weighted by Gasteiger charge is 2.22. The number of rotatable bonds is 0. The Hall–Kier alpha value is -1.06. The second kappa shape index (κ2) is 2.72. The molecular formula is C10H10ClN3. The number of nitrogens with zero attached hydrogens (tertiary/aromatic N) is 2. The lowest BCUT2D eigenvalue weighted by Gasteiger charge is -1.97. The van der Waals surface area contributed by atoms with Gasteiger partial charge in [0, 0.05) is 11.6 Å². The lowest BCUT2D eigenvalue weighted by atomic mass is 10.2. The lowest BCUT2D eigenvalue weighted by molar-refractivity contribution is 0.685. The maximum atomic E-state index is 5.93. The van der Waals surface area contributed by atoms with Crippen LogP contribution in [-0.2, 0) is 6.54 Å². The summed E-state index contributed by atoms with van der Waals surface area (Å²) in [5.74, 6) is 0.988. The molecule has 72 valence electrons. The van der Waals surface area contributed by atoms with E-state index in [0.29, 0.717) is 0 Å². The molecule has 2 aromatic rings. The Morgan fingerprint density at radius 2 is 2.36 bits per heavy atom. The molecule has 1 unspecified atom stereocenters. The first-order chi connectivity index (χ1) is 6.75. The minimum atomic E-state index is 0.0844. The van der Waals surface area contributed by atoms with Crippen LogP contribution < -0.4 is 5.73 Å². The van der Waals surface area contributed by atoms with Crippen molar-refractivity contribution in [1.82, 2.24) is 9.55 Å². The molecule has 0 spiro atoms. The number of fused-ring (bicyclic) bond motifs is 3. The molecule has 1 aromatic heterocycles. The van der Waals surface area contributed by atoms with Crippen molar-refractivity contribution in [2.24, 2.45) is 5.73 Å². The molecule has 0 saturated carbocycles. The predicted molar refractivity (Wildman–Crippen MR) is 56.3 cm³/mol. The van der Waals surface area contributed by atoms with Crippen LogP contribution >= 0.6 is 11.6 Å². The third kappa shape index (κ3) is 0.996. The van der Waals surface area contributed by atoms with Gasteiger partial charge in [0.2, 0.25) is 0 Å². The fourth-order valence-corrected chi connectivity index (χ4v) is 2.20. The van der Waals surface area contributed by atoms with E-state index in [-0.39, 0.29) is 6.04 Å². The van der Waals surface area contributed by atoms with Gasteiger partial charge < -0.3 is 10.3 Å². The van der Waals surface area contributed by atoms with Gasteiger partial charge in [-0.2, -0.15) is 0 Å². The zero-order chi connectivity index (χ0) is 9.71. The van der Waals surface area contributed by atoms with E-state index in [0.717, 1.165) is 34.8 Å². The first-order valence-corrected chi connectivity index (χ1v) is 5.05. The molecule has 1 atom stereocenters. The van der Waals surface area contributed by atoms with Gasteiger partial charge in [0.25, 0.3) is 0 Å². The fourth-order valence-electron chi connectivity index (χ4n) is 2.04. The molecule has 0 fully saturated rings. The van der Waals surface area contributed by atoms with Crippen molar-refractivity contribution in [2.75, 3.05) is 0 Å². The standard InChI is InChI=1S/C10H10ClN3/c11-6-1-2-9-8(5-6)13-10-7(12)3-4-14(9)10/h1-2,5,7H,3-4,12H2. The van der Waals surface area contributed by atoms with Crippen molar-refractivity contribution >= 4 is 22.6 Å². The molecule has 1 aliphatic heterocycles. The minimum Gasteiger partial charge on any atom is -0.327 e. The Kier molecular flexibility index (Phi) is 1.60. The molecule has 1 aromatic carbocycles. The summed E-state index contributed by atoms with van der Waals surface area (Å²) in [7, 11) is 0. The molecule has 0 radical (unpaired) electrons. The van der Waals surface area contributed by atoms with Crippen LogP contribution in [0.1, 0.15) is 18.3 Å². The summed E-state index contributed by atoms with van der Waals surface area (Å²) in [4.78, 5) is 4.49. The molecule has 2 heterocycles. The summed E-state index contributed by atoms with van der Waals surface area (Å²) in [5, 5.41) is 0.725. The average Bonchev–Trinajstić information content (AvgIpc) is 2.66. The summed E-state index contributed by atoms with van der Waals surface area (Å²) in [6.07, 6.45) is 0.987. The average molecular weight is 208 g/mol. The Morgan fingerprint density at radius 1 is 1.50 bits per heavy atom. The predicted octanol–water partition coefficient (Wildman–Crippen LogP) is 2.09. The van der Waals surface area contributed by atoms with E-state index in [4.69, 9.17) is 17.3 Å². The van der Waals surface area contributed by atoms with Crippen molar-refractivity contribution in [2.45, 2.75) is 19.0 Å². The quantitative estimate of drug-likeness (QED) is 0.719. The van der Waals surface area contributed by atoms with E-state index in [1.807, 2.05) is 18.2 Å². The highest BCUT2D eigenvalue weighted by atomic mass is 35.5. The van der Waals surface area contributed by atoms with Gasteiger partial charge in [-0.3, -0.25) is 0 Å². The normalized spacial score (nSPS) is 20.3. The van der Waals surface area contributed by atoms with Crippen LogP contribution in [0.3, 0.4) is 0 Å². The summed E-state index contributed by atoms with van der Waals surface area (Å²) < 4.78 is 2.18. The highest BCUT2D eigenvalue weighted by Crippen LogP contribution is 2.29. The Balaban J connectivity index is 2.34. The second-order valence-corrected chi connectivity index (χ2v) is 4.09. The van der Waals surface area contributed by atoms with Crippen LogP contribution in [0.4, 0.5) is 0 Å². The first kappa shape index (κ1) is 8.26. The maximum Gasteiger partial charge on any atom is 0.126 e. The number of hydrogen-bond donors (Lipinski definition) is 1. The minimum absolute atomic E-state index is 0.0844. The molecule has 2 N–H and O–H groups in total. The van der Waals surface area contributed by atoms with E-state index < -0.39 is 0 Å². The van der Waals surface area contributed by atoms with Crippen LogP contribution in [0.15, 0.2) is 18.2 Å². The molecule has 0 amide bonds. The van der Waals surface area contributed by atoms with E-state index in [1.54, 1.807) is 0 Å². The van der Waals surface area contributed by atoms with E-state index in [2.05, 4.69) is 9.55 Å². The van der Waals surface area contributed by atoms with Crippen LogP contribution in [0, 0.1) is 0 Å². The number of halogens is 1. The molecule has 4 heteroatoms. The Bertz CT molecular complexity index is 503. The van der Waals surface area contributed by atoms with Crippen molar-refractivity contribution in [3.05, 3.63) is 29.0 Å². The zero-order valence-electron chi connectivity index (χ0n) is 7.57. The molecule has 0 aliphatic carbocycles. The number of imidazole rings is 1. The zero-order valence-corrected chi connectivity index (χ0v) is 8.33.